The molecule has 0 amide bonds. The van der Waals surface area contributed by atoms with Crippen molar-refractivity contribution in [3.05, 3.63) is 18.2 Å². The van der Waals surface area contributed by atoms with Gasteiger partial charge < -0.3 is 14.8 Å². The summed E-state index contributed by atoms with van der Waals surface area (Å²) < 4.78 is 5.19. The SMILES string of the molecule is COc1ccc2nc(S[C@@H]3CCC[C@H]3O)[nH]c2c1. The molecule has 1 aliphatic carbocycles. The van der Waals surface area contributed by atoms with E-state index in [1.807, 2.05) is 18.2 Å². The van der Waals surface area contributed by atoms with E-state index in [9.17, 15) is 5.11 Å². The first kappa shape index (κ1) is 11.9. The van der Waals surface area contributed by atoms with Crippen molar-refractivity contribution in [3.8, 4) is 5.75 Å². The average Bonchev–Trinajstić information content (AvgIpc) is 2.95. The van der Waals surface area contributed by atoms with Crippen molar-refractivity contribution in [2.75, 3.05) is 7.11 Å². The van der Waals surface area contributed by atoms with Gasteiger partial charge in [0.2, 0.25) is 0 Å². The van der Waals surface area contributed by atoms with Crippen LogP contribution in [0.3, 0.4) is 0 Å². The van der Waals surface area contributed by atoms with Crippen LogP contribution in [0.25, 0.3) is 11.0 Å². The first-order valence-electron chi connectivity index (χ1n) is 6.15. The van der Waals surface area contributed by atoms with E-state index < -0.39 is 0 Å². The zero-order valence-electron chi connectivity index (χ0n) is 10.2. The molecule has 0 spiro atoms. The largest absolute Gasteiger partial charge is 0.497 e. The molecule has 1 fully saturated rings. The van der Waals surface area contributed by atoms with Crippen LogP contribution >= 0.6 is 11.8 Å². The van der Waals surface area contributed by atoms with Gasteiger partial charge in [0, 0.05) is 11.3 Å². The Morgan fingerprint density at radius 3 is 3.06 bits per heavy atom. The molecule has 4 nitrogen and oxygen atoms in total. The number of rotatable bonds is 3. The number of fused-ring (bicyclic) bond motifs is 1. The molecule has 0 bridgehead atoms. The number of aromatic nitrogens is 2. The predicted octanol–water partition coefficient (Wildman–Crippen LogP) is 2.58. The Balaban J connectivity index is 1.84. The minimum absolute atomic E-state index is 0.197. The number of nitrogens with one attached hydrogen (secondary N) is 1. The molecule has 1 heterocycles. The smallest absolute Gasteiger partial charge is 0.166 e. The monoisotopic (exact) mass is 264 g/mol. The highest BCUT2D eigenvalue weighted by Gasteiger charge is 2.27. The Kier molecular flexibility index (Phi) is 3.18. The van der Waals surface area contributed by atoms with Crippen molar-refractivity contribution in [1.82, 2.24) is 9.97 Å². The average molecular weight is 264 g/mol. The molecule has 3 rings (SSSR count). The van der Waals surface area contributed by atoms with Crippen molar-refractivity contribution >= 4 is 22.8 Å². The number of methoxy groups -OCH3 is 1. The van der Waals surface area contributed by atoms with Crippen LogP contribution in [0.5, 0.6) is 5.75 Å². The Bertz CT molecular complexity index is 555. The molecule has 18 heavy (non-hydrogen) atoms. The number of benzene rings is 1. The Morgan fingerprint density at radius 1 is 1.44 bits per heavy atom. The summed E-state index contributed by atoms with van der Waals surface area (Å²) in [6.07, 6.45) is 2.88. The van der Waals surface area contributed by atoms with Crippen molar-refractivity contribution in [1.29, 1.82) is 0 Å². The van der Waals surface area contributed by atoms with Gasteiger partial charge in [-0.2, -0.15) is 0 Å². The van der Waals surface area contributed by atoms with Crippen LogP contribution in [-0.2, 0) is 0 Å². The lowest BCUT2D eigenvalue weighted by Crippen LogP contribution is -2.15. The Hall–Kier alpha value is -1.20. The quantitative estimate of drug-likeness (QED) is 0.894. The predicted molar refractivity (Wildman–Crippen MR) is 72.1 cm³/mol. The molecule has 1 aromatic heterocycles. The van der Waals surface area contributed by atoms with E-state index in [0.717, 1.165) is 41.2 Å². The lowest BCUT2D eigenvalue weighted by molar-refractivity contribution is 0.188. The molecule has 5 heteroatoms. The van der Waals surface area contributed by atoms with Crippen molar-refractivity contribution in [3.63, 3.8) is 0 Å². The first-order chi connectivity index (χ1) is 8.76. The van der Waals surface area contributed by atoms with Gasteiger partial charge in [-0.15, -0.1) is 0 Å². The number of thioether (sulfide) groups is 1. The summed E-state index contributed by atoms with van der Waals surface area (Å²) in [4.78, 5) is 7.81. The van der Waals surface area contributed by atoms with Crippen molar-refractivity contribution in [2.45, 2.75) is 35.8 Å². The molecule has 96 valence electrons. The van der Waals surface area contributed by atoms with Crippen LogP contribution in [0.4, 0.5) is 0 Å². The van der Waals surface area contributed by atoms with E-state index in [1.165, 1.54) is 0 Å². The lowest BCUT2D eigenvalue weighted by atomic mass is 10.3. The maximum absolute atomic E-state index is 9.82. The van der Waals surface area contributed by atoms with Crippen LogP contribution in [-0.4, -0.2) is 33.5 Å². The first-order valence-corrected chi connectivity index (χ1v) is 7.03. The van der Waals surface area contributed by atoms with Crippen molar-refractivity contribution < 1.29 is 9.84 Å². The van der Waals surface area contributed by atoms with Gasteiger partial charge in [-0.3, -0.25) is 0 Å². The standard InChI is InChI=1S/C13H16N2O2S/c1-17-8-5-6-9-10(7-8)15-13(14-9)18-12-4-2-3-11(12)16/h5-7,11-12,16H,2-4H2,1H3,(H,14,15)/t11-,12-/m1/s1. The van der Waals surface area contributed by atoms with Crippen LogP contribution in [0, 0.1) is 0 Å². The van der Waals surface area contributed by atoms with E-state index in [4.69, 9.17) is 4.74 Å². The van der Waals surface area contributed by atoms with E-state index in [0.29, 0.717) is 0 Å². The third-order valence-electron chi connectivity index (χ3n) is 3.35. The zero-order valence-corrected chi connectivity index (χ0v) is 11.0. The topological polar surface area (TPSA) is 58.1 Å². The molecule has 0 saturated heterocycles. The van der Waals surface area contributed by atoms with Gasteiger partial charge >= 0.3 is 0 Å². The molecule has 2 aromatic rings. The number of hydrogen-bond donors (Lipinski definition) is 2. The second-order valence-corrected chi connectivity index (χ2v) is 5.81. The van der Waals surface area contributed by atoms with Gasteiger partial charge in [-0.25, -0.2) is 4.98 Å². The molecule has 1 aromatic carbocycles. The van der Waals surface area contributed by atoms with Crippen LogP contribution < -0.4 is 4.74 Å². The van der Waals surface area contributed by atoms with E-state index in [2.05, 4.69) is 9.97 Å². The summed E-state index contributed by atoms with van der Waals surface area (Å²) in [6.45, 7) is 0. The van der Waals surface area contributed by atoms with Crippen LogP contribution in [0.1, 0.15) is 19.3 Å². The van der Waals surface area contributed by atoms with Gasteiger partial charge in [0.1, 0.15) is 5.75 Å². The molecule has 0 aliphatic heterocycles. The molecule has 1 aliphatic rings. The summed E-state index contributed by atoms with van der Waals surface area (Å²) in [6, 6.07) is 5.79. The fourth-order valence-corrected chi connectivity index (χ4v) is 3.52. The summed E-state index contributed by atoms with van der Waals surface area (Å²) in [5.41, 5.74) is 1.91. The highest BCUT2D eigenvalue weighted by Crippen LogP contribution is 2.34. The number of ether oxygens (including phenoxy) is 1. The van der Waals surface area contributed by atoms with E-state index >= 15 is 0 Å². The third-order valence-corrected chi connectivity index (χ3v) is 4.62. The summed E-state index contributed by atoms with van der Waals surface area (Å²) >= 11 is 1.64. The second kappa shape index (κ2) is 4.82. The molecule has 2 atom stereocenters. The van der Waals surface area contributed by atoms with Gasteiger partial charge in [-0.05, 0) is 31.4 Å². The number of nitrogens with zero attached hydrogens (tertiary/aromatic N) is 1. The minimum Gasteiger partial charge on any atom is -0.497 e. The zero-order chi connectivity index (χ0) is 12.5. The van der Waals surface area contributed by atoms with Gasteiger partial charge in [-0.1, -0.05) is 11.8 Å². The number of hydrogen-bond acceptors (Lipinski definition) is 4. The van der Waals surface area contributed by atoms with E-state index in [-0.39, 0.29) is 11.4 Å². The van der Waals surface area contributed by atoms with Gasteiger partial charge in [0.15, 0.2) is 5.16 Å². The fourth-order valence-electron chi connectivity index (χ4n) is 2.34. The number of aliphatic hydroxyl groups excluding tert-OH is 1. The molecule has 1 saturated carbocycles. The second-order valence-electron chi connectivity index (χ2n) is 4.58. The fraction of sp³-hybridized carbons (Fsp3) is 0.462. The lowest BCUT2D eigenvalue weighted by Gasteiger charge is -2.11. The molecule has 0 unspecified atom stereocenters. The number of aliphatic hydroxyl groups is 1. The van der Waals surface area contributed by atoms with Crippen LogP contribution in [0.15, 0.2) is 23.4 Å². The number of H-pyrrole nitrogens is 1. The number of aromatic amines is 1. The highest BCUT2D eigenvalue weighted by atomic mass is 32.2. The van der Waals surface area contributed by atoms with Gasteiger partial charge in [0.05, 0.1) is 24.2 Å². The van der Waals surface area contributed by atoms with E-state index in [1.54, 1.807) is 18.9 Å². The summed E-state index contributed by atoms with van der Waals surface area (Å²) in [5, 5.41) is 11.0. The third kappa shape index (κ3) is 2.20. The number of imidazole rings is 1. The maximum Gasteiger partial charge on any atom is 0.166 e. The highest BCUT2D eigenvalue weighted by molar-refractivity contribution is 7.99. The normalized spacial score (nSPS) is 23.7. The molecule has 2 N–H and O–H groups in total. The maximum atomic E-state index is 9.82. The minimum atomic E-state index is -0.197. The van der Waals surface area contributed by atoms with Crippen molar-refractivity contribution in [2.24, 2.45) is 0 Å². The molecule has 0 radical (unpaired) electrons. The Morgan fingerprint density at radius 2 is 2.33 bits per heavy atom. The van der Waals surface area contributed by atoms with Gasteiger partial charge in [0.25, 0.3) is 0 Å². The molecular weight excluding hydrogens is 248 g/mol. The summed E-state index contributed by atoms with van der Waals surface area (Å²) in [7, 11) is 1.65. The Labute approximate surface area is 110 Å². The van der Waals surface area contributed by atoms with Crippen LogP contribution in [0.2, 0.25) is 0 Å². The summed E-state index contributed by atoms with van der Waals surface area (Å²) in [5.74, 6) is 0.823. The molecular formula is C13H16N2O2S.